The Labute approximate surface area is 108 Å². The van der Waals surface area contributed by atoms with Crippen LogP contribution >= 0.6 is 0 Å². The highest BCUT2D eigenvalue weighted by Crippen LogP contribution is 2.14. The van der Waals surface area contributed by atoms with Crippen molar-refractivity contribution in [2.75, 3.05) is 13.2 Å². The van der Waals surface area contributed by atoms with E-state index in [9.17, 15) is 0 Å². The Kier molecular flexibility index (Phi) is 4.65. The van der Waals surface area contributed by atoms with E-state index in [4.69, 9.17) is 9.47 Å². The molecule has 0 aliphatic carbocycles. The summed E-state index contributed by atoms with van der Waals surface area (Å²) in [5.41, 5.74) is 1.23. The zero-order valence-corrected chi connectivity index (χ0v) is 10.6. The smallest absolute Gasteiger partial charge is 0.119 e. The topological polar surface area (TPSA) is 18.5 Å². The first-order chi connectivity index (χ1) is 8.88. The van der Waals surface area contributed by atoms with Crippen LogP contribution in [0.1, 0.15) is 12.5 Å². The maximum atomic E-state index is 5.65. The van der Waals surface area contributed by atoms with E-state index in [2.05, 4.69) is 18.2 Å². The van der Waals surface area contributed by atoms with Crippen molar-refractivity contribution in [2.24, 2.45) is 0 Å². The molecule has 0 aliphatic rings. The van der Waals surface area contributed by atoms with E-state index in [-0.39, 0.29) is 0 Å². The second-order valence-corrected chi connectivity index (χ2v) is 3.91. The second-order valence-electron chi connectivity index (χ2n) is 3.91. The van der Waals surface area contributed by atoms with Gasteiger partial charge >= 0.3 is 0 Å². The predicted molar refractivity (Wildman–Crippen MR) is 72.1 cm³/mol. The maximum Gasteiger partial charge on any atom is 0.119 e. The lowest BCUT2D eigenvalue weighted by atomic mass is 10.1. The molecule has 0 heterocycles. The van der Waals surface area contributed by atoms with E-state index in [0.717, 1.165) is 17.9 Å². The van der Waals surface area contributed by atoms with Crippen molar-refractivity contribution in [3.05, 3.63) is 60.2 Å². The van der Waals surface area contributed by atoms with Gasteiger partial charge in [0.25, 0.3) is 0 Å². The van der Waals surface area contributed by atoms with Gasteiger partial charge in [-0.05, 0) is 42.8 Å². The number of hydrogen-bond acceptors (Lipinski definition) is 2. The fourth-order valence-electron chi connectivity index (χ4n) is 1.71. The molecule has 2 heteroatoms. The molecule has 0 saturated carbocycles. The van der Waals surface area contributed by atoms with Gasteiger partial charge in [-0.3, -0.25) is 0 Å². The molecule has 0 fully saturated rings. The highest BCUT2D eigenvalue weighted by molar-refractivity contribution is 5.28. The van der Waals surface area contributed by atoms with E-state index < -0.39 is 0 Å². The van der Waals surface area contributed by atoms with E-state index >= 15 is 0 Å². The molecule has 0 unspecified atom stereocenters. The van der Waals surface area contributed by atoms with Crippen LogP contribution in [0, 0.1) is 6.07 Å². The Hall–Kier alpha value is -1.96. The largest absolute Gasteiger partial charge is 0.494 e. The normalized spacial score (nSPS) is 10.1. The Morgan fingerprint density at radius 3 is 2.61 bits per heavy atom. The van der Waals surface area contributed by atoms with Gasteiger partial charge in [0, 0.05) is 6.42 Å². The molecule has 2 nitrogen and oxygen atoms in total. The monoisotopic (exact) mass is 241 g/mol. The summed E-state index contributed by atoms with van der Waals surface area (Å²) >= 11 is 0. The van der Waals surface area contributed by atoms with Gasteiger partial charge in [0.1, 0.15) is 11.5 Å². The van der Waals surface area contributed by atoms with Crippen molar-refractivity contribution in [1.29, 1.82) is 0 Å². The molecular weight excluding hydrogens is 224 g/mol. The van der Waals surface area contributed by atoms with Gasteiger partial charge in [-0.1, -0.05) is 24.3 Å². The van der Waals surface area contributed by atoms with Crippen molar-refractivity contribution in [2.45, 2.75) is 13.3 Å². The van der Waals surface area contributed by atoms with Gasteiger partial charge in [-0.2, -0.15) is 0 Å². The van der Waals surface area contributed by atoms with Gasteiger partial charge in [0.2, 0.25) is 0 Å². The first-order valence-corrected chi connectivity index (χ1v) is 6.19. The van der Waals surface area contributed by atoms with Gasteiger partial charge in [-0.25, -0.2) is 0 Å². The van der Waals surface area contributed by atoms with Crippen LogP contribution < -0.4 is 9.47 Å². The molecule has 93 valence electrons. The fourth-order valence-corrected chi connectivity index (χ4v) is 1.71. The number of hydrogen-bond donors (Lipinski definition) is 0. The number of rotatable bonds is 6. The summed E-state index contributed by atoms with van der Waals surface area (Å²) in [5.74, 6) is 1.80. The minimum absolute atomic E-state index is 0.666. The average molecular weight is 241 g/mol. The van der Waals surface area contributed by atoms with Crippen LogP contribution in [0.3, 0.4) is 0 Å². The van der Waals surface area contributed by atoms with Gasteiger partial charge in [-0.15, -0.1) is 0 Å². The highest BCUT2D eigenvalue weighted by Gasteiger charge is 1.97. The molecule has 2 aromatic carbocycles. The van der Waals surface area contributed by atoms with Gasteiger partial charge in [0.15, 0.2) is 0 Å². The maximum absolute atomic E-state index is 5.65. The number of benzene rings is 2. The van der Waals surface area contributed by atoms with Crippen molar-refractivity contribution < 1.29 is 9.47 Å². The minimum Gasteiger partial charge on any atom is -0.494 e. The molecular formula is C16H17O2. The van der Waals surface area contributed by atoms with Crippen molar-refractivity contribution in [1.82, 2.24) is 0 Å². The van der Waals surface area contributed by atoms with E-state index in [1.165, 1.54) is 5.56 Å². The number of ether oxygens (including phenoxy) is 2. The molecule has 0 aliphatic heterocycles. The quantitative estimate of drug-likeness (QED) is 0.770. The van der Waals surface area contributed by atoms with Gasteiger partial charge in [0.05, 0.1) is 13.2 Å². The van der Waals surface area contributed by atoms with Crippen LogP contribution in [0.5, 0.6) is 11.5 Å². The van der Waals surface area contributed by atoms with E-state index in [0.29, 0.717) is 13.2 Å². The zero-order valence-electron chi connectivity index (χ0n) is 10.6. The molecule has 2 rings (SSSR count). The third-order valence-electron chi connectivity index (χ3n) is 2.56. The fraction of sp³-hybridized carbons (Fsp3) is 0.250. The minimum atomic E-state index is 0.666. The molecule has 2 aromatic rings. The predicted octanol–water partition coefficient (Wildman–Crippen LogP) is 3.51. The Balaban J connectivity index is 1.84. The SMILES string of the molecule is CCOc1cccc(CCOc2cc[c]cc2)c1. The third-order valence-corrected chi connectivity index (χ3v) is 2.56. The van der Waals surface area contributed by atoms with Gasteiger partial charge < -0.3 is 9.47 Å². The average Bonchev–Trinajstić information content (AvgIpc) is 2.41. The molecule has 0 bridgehead atoms. The summed E-state index contributed by atoms with van der Waals surface area (Å²) < 4.78 is 11.1. The molecule has 18 heavy (non-hydrogen) atoms. The van der Waals surface area contributed by atoms with E-state index in [1.807, 2.05) is 43.3 Å². The third kappa shape index (κ3) is 3.81. The van der Waals surface area contributed by atoms with Crippen LogP contribution in [0.25, 0.3) is 0 Å². The first-order valence-electron chi connectivity index (χ1n) is 6.19. The summed E-state index contributed by atoms with van der Waals surface area (Å²) in [6.07, 6.45) is 0.875. The Morgan fingerprint density at radius 2 is 1.83 bits per heavy atom. The van der Waals surface area contributed by atoms with E-state index in [1.54, 1.807) is 0 Å². The molecule has 0 amide bonds. The summed E-state index contributed by atoms with van der Waals surface area (Å²) in [6, 6.07) is 18.6. The molecule has 0 saturated heterocycles. The Bertz CT molecular complexity index is 466. The summed E-state index contributed by atoms with van der Waals surface area (Å²) in [4.78, 5) is 0. The van der Waals surface area contributed by atoms with Crippen molar-refractivity contribution in [3.8, 4) is 11.5 Å². The van der Waals surface area contributed by atoms with Crippen LogP contribution in [0.2, 0.25) is 0 Å². The van der Waals surface area contributed by atoms with Crippen molar-refractivity contribution in [3.63, 3.8) is 0 Å². The summed E-state index contributed by atoms with van der Waals surface area (Å²) in [6.45, 7) is 3.35. The lowest BCUT2D eigenvalue weighted by molar-refractivity contribution is 0.320. The lowest BCUT2D eigenvalue weighted by Gasteiger charge is -2.07. The summed E-state index contributed by atoms with van der Waals surface area (Å²) in [5, 5.41) is 0. The lowest BCUT2D eigenvalue weighted by Crippen LogP contribution is -2.01. The van der Waals surface area contributed by atoms with Crippen molar-refractivity contribution >= 4 is 0 Å². The second kappa shape index (κ2) is 6.70. The standard InChI is InChI=1S/C16H17O2/c1-2-17-16-10-6-7-14(13-16)11-12-18-15-8-4-3-5-9-15/h4-10,13H,2,11-12H2,1H3. The zero-order chi connectivity index (χ0) is 12.6. The first kappa shape index (κ1) is 12.5. The van der Waals surface area contributed by atoms with Crippen LogP contribution in [-0.4, -0.2) is 13.2 Å². The molecule has 0 aromatic heterocycles. The highest BCUT2D eigenvalue weighted by atomic mass is 16.5. The Morgan fingerprint density at radius 1 is 1.00 bits per heavy atom. The summed E-state index contributed by atoms with van der Waals surface area (Å²) in [7, 11) is 0. The molecule has 1 radical (unpaired) electrons. The molecule has 0 atom stereocenters. The van der Waals surface area contributed by atoms with Crippen LogP contribution in [-0.2, 0) is 6.42 Å². The van der Waals surface area contributed by atoms with Crippen LogP contribution in [0.4, 0.5) is 0 Å². The molecule has 0 spiro atoms. The van der Waals surface area contributed by atoms with Crippen LogP contribution in [0.15, 0.2) is 48.5 Å². The molecule has 0 N–H and O–H groups in total.